The van der Waals surface area contributed by atoms with Crippen molar-refractivity contribution >= 4 is 11.6 Å². The third-order valence-electron chi connectivity index (χ3n) is 2.95. The summed E-state index contributed by atoms with van der Waals surface area (Å²) in [5, 5.41) is 0.742. The standard InChI is InChI=1S/C15H19ClN2O/c16-14-5-7-15(8-6-14)19-12-4-2-1-3-10-18-11-9-17-13-18/h5-9,11,13H,1-4,10,12H2. The summed E-state index contributed by atoms with van der Waals surface area (Å²) in [6.45, 7) is 1.82. The van der Waals surface area contributed by atoms with E-state index in [1.807, 2.05) is 43.0 Å². The number of hydrogen-bond donors (Lipinski definition) is 0. The molecule has 102 valence electrons. The number of aryl methyl sites for hydroxylation is 1. The van der Waals surface area contributed by atoms with Crippen LogP contribution in [-0.2, 0) is 6.54 Å². The molecule has 1 heterocycles. The van der Waals surface area contributed by atoms with Crippen LogP contribution in [0.5, 0.6) is 5.75 Å². The molecule has 0 saturated carbocycles. The molecule has 0 atom stereocenters. The molecular formula is C15H19ClN2O. The summed E-state index contributed by atoms with van der Waals surface area (Å²) < 4.78 is 7.75. The Balaban J connectivity index is 1.49. The van der Waals surface area contributed by atoms with Gasteiger partial charge < -0.3 is 9.30 Å². The molecule has 0 radical (unpaired) electrons. The van der Waals surface area contributed by atoms with Gasteiger partial charge in [0, 0.05) is 24.0 Å². The number of unbranched alkanes of at least 4 members (excludes halogenated alkanes) is 3. The first-order chi connectivity index (χ1) is 9.34. The Labute approximate surface area is 119 Å². The van der Waals surface area contributed by atoms with Crippen molar-refractivity contribution in [1.29, 1.82) is 0 Å². The zero-order chi connectivity index (χ0) is 13.3. The average Bonchev–Trinajstić information content (AvgIpc) is 2.93. The van der Waals surface area contributed by atoms with Crippen molar-refractivity contribution in [2.45, 2.75) is 32.2 Å². The Bertz CT molecular complexity index is 454. The van der Waals surface area contributed by atoms with Crippen LogP contribution in [0.4, 0.5) is 0 Å². The van der Waals surface area contributed by atoms with Gasteiger partial charge in [-0.2, -0.15) is 0 Å². The van der Waals surface area contributed by atoms with E-state index in [0.29, 0.717) is 0 Å². The molecule has 0 aliphatic heterocycles. The molecule has 3 nitrogen and oxygen atoms in total. The van der Waals surface area contributed by atoms with Gasteiger partial charge in [-0.05, 0) is 37.1 Å². The molecule has 0 unspecified atom stereocenters. The molecule has 0 N–H and O–H groups in total. The van der Waals surface area contributed by atoms with E-state index in [-0.39, 0.29) is 0 Å². The minimum atomic E-state index is 0.742. The van der Waals surface area contributed by atoms with Crippen molar-refractivity contribution in [3.8, 4) is 5.75 Å². The van der Waals surface area contributed by atoms with Crippen molar-refractivity contribution < 1.29 is 4.74 Å². The van der Waals surface area contributed by atoms with Crippen LogP contribution in [0.15, 0.2) is 43.0 Å². The average molecular weight is 279 g/mol. The second kappa shape index (κ2) is 7.85. The predicted octanol–water partition coefficient (Wildman–Crippen LogP) is 4.18. The number of ether oxygens (including phenoxy) is 1. The monoisotopic (exact) mass is 278 g/mol. The van der Waals surface area contributed by atoms with Crippen LogP contribution < -0.4 is 4.74 Å². The fourth-order valence-corrected chi connectivity index (χ4v) is 2.02. The molecule has 2 rings (SSSR count). The maximum Gasteiger partial charge on any atom is 0.119 e. The van der Waals surface area contributed by atoms with Gasteiger partial charge in [0.2, 0.25) is 0 Å². The second-order valence-electron chi connectivity index (χ2n) is 4.52. The number of benzene rings is 1. The third-order valence-corrected chi connectivity index (χ3v) is 3.20. The van der Waals surface area contributed by atoms with E-state index in [0.717, 1.165) is 30.3 Å². The van der Waals surface area contributed by atoms with Crippen molar-refractivity contribution in [1.82, 2.24) is 9.55 Å². The van der Waals surface area contributed by atoms with E-state index < -0.39 is 0 Å². The lowest BCUT2D eigenvalue weighted by Gasteiger charge is -2.06. The molecule has 0 aliphatic rings. The summed E-state index contributed by atoms with van der Waals surface area (Å²) in [5.74, 6) is 0.891. The number of aromatic nitrogens is 2. The largest absolute Gasteiger partial charge is 0.494 e. The molecule has 0 spiro atoms. The Morgan fingerprint density at radius 2 is 1.84 bits per heavy atom. The smallest absolute Gasteiger partial charge is 0.119 e. The van der Waals surface area contributed by atoms with Crippen molar-refractivity contribution in [2.24, 2.45) is 0 Å². The normalized spacial score (nSPS) is 10.6. The lowest BCUT2D eigenvalue weighted by Crippen LogP contribution is -1.98. The van der Waals surface area contributed by atoms with Crippen LogP contribution in [0.2, 0.25) is 5.02 Å². The van der Waals surface area contributed by atoms with Crippen molar-refractivity contribution in [3.05, 3.63) is 48.0 Å². The zero-order valence-electron chi connectivity index (χ0n) is 11.0. The predicted molar refractivity (Wildman–Crippen MR) is 77.6 cm³/mol. The van der Waals surface area contributed by atoms with E-state index >= 15 is 0 Å². The molecule has 0 fully saturated rings. The first-order valence-electron chi connectivity index (χ1n) is 6.69. The van der Waals surface area contributed by atoms with Gasteiger partial charge in [0.25, 0.3) is 0 Å². The van der Waals surface area contributed by atoms with Gasteiger partial charge in [-0.25, -0.2) is 4.98 Å². The highest BCUT2D eigenvalue weighted by molar-refractivity contribution is 6.30. The van der Waals surface area contributed by atoms with Gasteiger partial charge in [0.1, 0.15) is 5.75 Å². The molecule has 0 bridgehead atoms. The van der Waals surface area contributed by atoms with E-state index in [2.05, 4.69) is 9.55 Å². The first kappa shape index (κ1) is 13.9. The fraction of sp³-hybridized carbons (Fsp3) is 0.400. The number of rotatable bonds is 8. The van der Waals surface area contributed by atoms with Crippen molar-refractivity contribution in [3.63, 3.8) is 0 Å². The number of halogens is 1. The maximum atomic E-state index is 5.81. The molecule has 2 aromatic rings. The van der Waals surface area contributed by atoms with Gasteiger partial charge >= 0.3 is 0 Å². The van der Waals surface area contributed by atoms with Crippen LogP contribution in [0.3, 0.4) is 0 Å². The molecule has 0 saturated heterocycles. The first-order valence-corrected chi connectivity index (χ1v) is 7.06. The molecule has 1 aromatic carbocycles. The highest BCUT2D eigenvalue weighted by Crippen LogP contribution is 2.15. The molecular weight excluding hydrogens is 260 g/mol. The Morgan fingerprint density at radius 3 is 2.58 bits per heavy atom. The van der Waals surface area contributed by atoms with Crippen LogP contribution in [-0.4, -0.2) is 16.2 Å². The summed E-state index contributed by atoms with van der Waals surface area (Å²) in [6.07, 6.45) is 10.4. The van der Waals surface area contributed by atoms with Crippen LogP contribution >= 0.6 is 11.6 Å². The molecule has 0 amide bonds. The summed E-state index contributed by atoms with van der Waals surface area (Å²) in [6, 6.07) is 7.51. The summed E-state index contributed by atoms with van der Waals surface area (Å²) in [7, 11) is 0. The van der Waals surface area contributed by atoms with Crippen LogP contribution in [0, 0.1) is 0 Å². The number of nitrogens with zero attached hydrogens (tertiary/aromatic N) is 2. The summed E-state index contributed by atoms with van der Waals surface area (Å²) in [4.78, 5) is 4.02. The van der Waals surface area contributed by atoms with E-state index in [1.54, 1.807) is 0 Å². The van der Waals surface area contributed by atoms with E-state index in [9.17, 15) is 0 Å². The molecule has 1 aromatic heterocycles. The van der Waals surface area contributed by atoms with Crippen molar-refractivity contribution in [2.75, 3.05) is 6.61 Å². The van der Waals surface area contributed by atoms with E-state index in [4.69, 9.17) is 16.3 Å². The second-order valence-corrected chi connectivity index (χ2v) is 4.95. The van der Waals surface area contributed by atoms with E-state index in [1.165, 1.54) is 19.3 Å². The van der Waals surface area contributed by atoms with Crippen LogP contribution in [0.25, 0.3) is 0 Å². The summed E-state index contributed by atoms with van der Waals surface area (Å²) >= 11 is 5.81. The van der Waals surface area contributed by atoms with Gasteiger partial charge in [-0.15, -0.1) is 0 Å². The van der Waals surface area contributed by atoms with Gasteiger partial charge in [-0.1, -0.05) is 24.4 Å². The SMILES string of the molecule is Clc1ccc(OCCCCCCn2ccnc2)cc1. The maximum absolute atomic E-state index is 5.81. The lowest BCUT2D eigenvalue weighted by molar-refractivity contribution is 0.304. The fourth-order valence-electron chi connectivity index (χ4n) is 1.89. The number of hydrogen-bond acceptors (Lipinski definition) is 2. The van der Waals surface area contributed by atoms with Gasteiger partial charge in [0.05, 0.1) is 12.9 Å². The minimum Gasteiger partial charge on any atom is -0.494 e. The number of imidazole rings is 1. The highest BCUT2D eigenvalue weighted by atomic mass is 35.5. The molecule has 19 heavy (non-hydrogen) atoms. The Kier molecular flexibility index (Phi) is 5.76. The molecule has 4 heteroatoms. The van der Waals surface area contributed by atoms with Gasteiger partial charge in [0.15, 0.2) is 0 Å². The Morgan fingerprint density at radius 1 is 1.05 bits per heavy atom. The third kappa shape index (κ3) is 5.35. The zero-order valence-corrected chi connectivity index (χ0v) is 11.7. The summed E-state index contributed by atoms with van der Waals surface area (Å²) in [5.41, 5.74) is 0. The topological polar surface area (TPSA) is 27.1 Å². The quantitative estimate of drug-likeness (QED) is 0.678. The lowest BCUT2D eigenvalue weighted by atomic mass is 10.2. The Hall–Kier alpha value is -1.48. The molecule has 0 aliphatic carbocycles. The van der Waals surface area contributed by atoms with Crippen LogP contribution in [0.1, 0.15) is 25.7 Å². The highest BCUT2D eigenvalue weighted by Gasteiger charge is 1.95. The van der Waals surface area contributed by atoms with Gasteiger partial charge in [-0.3, -0.25) is 0 Å². The minimum absolute atomic E-state index is 0.742.